The number of ether oxygens (including phenoxy) is 1. The van der Waals surface area contributed by atoms with Crippen LogP contribution in [0, 0.1) is 0 Å². The maximum Gasteiger partial charge on any atom is 0.282 e. The molecule has 1 saturated heterocycles. The molecule has 1 aliphatic heterocycles. The van der Waals surface area contributed by atoms with Gasteiger partial charge in [0.15, 0.2) is 6.29 Å². The van der Waals surface area contributed by atoms with E-state index in [4.69, 9.17) is 16.3 Å². The average Bonchev–Trinajstić information content (AvgIpc) is 2.67. The summed E-state index contributed by atoms with van der Waals surface area (Å²) in [5, 5.41) is 3.74. The van der Waals surface area contributed by atoms with Crippen LogP contribution in [0.5, 0.6) is 0 Å². The first kappa shape index (κ1) is 12.4. The van der Waals surface area contributed by atoms with Gasteiger partial charge in [-0.15, -0.1) is 0 Å². The van der Waals surface area contributed by atoms with Crippen molar-refractivity contribution >= 4 is 17.9 Å². The van der Waals surface area contributed by atoms with E-state index in [1.165, 1.54) is 4.68 Å². The number of carbonyl (C=O) groups is 1. The molecule has 7 heteroatoms. The second kappa shape index (κ2) is 5.10. The van der Waals surface area contributed by atoms with E-state index in [0.717, 1.165) is 0 Å². The lowest BCUT2D eigenvalue weighted by molar-refractivity contribution is 0.0655. The first-order valence-electron chi connectivity index (χ1n) is 5.24. The molecule has 0 aliphatic carbocycles. The molecule has 4 nitrogen and oxygen atoms in total. The molecule has 1 fully saturated rings. The van der Waals surface area contributed by atoms with Gasteiger partial charge >= 0.3 is 0 Å². The van der Waals surface area contributed by atoms with Gasteiger partial charge in [0, 0.05) is 13.2 Å². The number of carbonyl (C=O) groups excluding carboxylic acids is 1. The fraction of sp³-hybridized carbons (Fsp3) is 0.600. The quantitative estimate of drug-likeness (QED) is 0.789. The second-order valence-corrected chi connectivity index (χ2v) is 4.15. The summed E-state index contributed by atoms with van der Waals surface area (Å²) in [6.45, 7) is 1.09. The Morgan fingerprint density at radius 3 is 2.59 bits per heavy atom. The van der Waals surface area contributed by atoms with Crippen molar-refractivity contribution < 1.29 is 18.3 Å². The number of hydrogen-bond donors (Lipinski definition) is 0. The van der Waals surface area contributed by atoms with Crippen LogP contribution < -0.4 is 0 Å². The smallest absolute Gasteiger partial charge is 0.282 e. The predicted octanol–water partition coefficient (Wildman–Crippen LogP) is 2.64. The van der Waals surface area contributed by atoms with Crippen LogP contribution in [0.2, 0.25) is 5.15 Å². The van der Waals surface area contributed by atoms with Crippen molar-refractivity contribution in [3.8, 4) is 0 Å². The zero-order valence-electron chi connectivity index (χ0n) is 8.91. The van der Waals surface area contributed by atoms with E-state index < -0.39 is 12.1 Å². The molecule has 0 unspecified atom stereocenters. The highest BCUT2D eigenvalue weighted by Crippen LogP contribution is 2.31. The van der Waals surface area contributed by atoms with Gasteiger partial charge in [0.2, 0.25) is 0 Å². The third kappa shape index (κ3) is 2.32. The van der Waals surface area contributed by atoms with Gasteiger partial charge in [-0.1, -0.05) is 11.6 Å². The zero-order valence-corrected chi connectivity index (χ0v) is 9.66. The minimum Gasteiger partial charge on any atom is -0.381 e. The SMILES string of the molecule is O=Cc1c(C(F)F)nn(C2CCOCC2)c1Cl. The van der Waals surface area contributed by atoms with E-state index in [2.05, 4.69) is 5.10 Å². The fourth-order valence-corrected chi connectivity index (χ4v) is 2.20. The lowest BCUT2D eigenvalue weighted by atomic mass is 10.1. The summed E-state index contributed by atoms with van der Waals surface area (Å²) in [7, 11) is 0. The fourth-order valence-electron chi connectivity index (χ4n) is 1.88. The molecule has 0 bridgehead atoms. The summed E-state index contributed by atoms with van der Waals surface area (Å²) in [6, 6.07) is -0.0811. The molecule has 0 aromatic carbocycles. The predicted molar refractivity (Wildman–Crippen MR) is 56.7 cm³/mol. The number of hydrogen-bond acceptors (Lipinski definition) is 3. The number of alkyl halides is 2. The monoisotopic (exact) mass is 264 g/mol. The highest BCUT2D eigenvalue weighted by molar-refractivity contribution is 6.32. The van der Waals surface area contributed by atoms with E-state index in [1.54, 1.807) is 0 Å². The first-order valence-corrected chi connectivity index (χ1v) is 5.62. The van der Waals surface area contributed by atoms with Crippen LogP contribution in [0.4, 0.5) is 8.78 Å². The molecule has 0 amide bonds. The lowest BCUT2D eigenvalue weighted by Gasteiger charge is -2.22. The van der Waals surface area contributed by atoms with Crippen LogP contribution in [0.25, 0.3) is 0 Å². The minimum absolute atomic E-state index is 0.0119. The maximum atomic E-state index is 12.7. The number of aldehydes is 1. The van der Waals surface area contributed by atoms with E-state index in [9.17, 15) is 13.6 Å². The molecule has 1 aromatic rings. The molecule has 1 aliphatic rings. The van der Waals surface area contributed by atoms with Gasteiger partial charge in [-0.2, -0.15) is 5.10 Å². The van der Waals surface area contributed by atoms with Crippen molar-refractivity contribution in [3.05, 3.63) is 16.4 Å². The van der Waals surface area contributed by atoms with Crippen molar-refractivity contribution in [3.63, 3.8) is 0 Å². The highest BCUT2D eigenvalue weighted by Gasteiger charge is 2.27. The van der Waals surface area contributed by atoms with E-state index in [0.29, 0.717) is 32.3 Å². The van der Waals surface area contributed by atoms with Crippen LogP contribution in [0.3, 0.4) is 0 Å². The molecule has 1 aromatic heterocycles. The molecule has 2 heterocycles. The number of rotatable bonds is 3. The summed E-state index contributed by atoms with van der Waals surface area (Å²) < 4.78 is 31.8. The maximum absolute atomic E-state index is 12.7. The summed E-state index contributed by atoms with van der Waals surface area (Å²) in [5.74, 6) is 0. The van der Waals surface area contributed by atoms with E-state index in [-0.39, 0.29) is 16.8 Å². The Morgan fingerprint density at radius 1 is 1.47 bits per heavy atom. The third-order valence-corrected chi connectivity index (χ3v) is 3.15. The van der Waals surface area contributed by atoms with Crippen molar-refractivity contribution in [2.24, 2.45) is 0 Å². The Morgan fingerprint density at radius 2 is 2.12 bits per heavy atom. The molecule has 0 spiro atoms. The van der Waals surface area contributed by atoms with Crippen molar-refractivity contribution in [2.75, 3.05) is 13.2 Å². The summed E-state index contributed by atoms with van der Waals surface area (Å²) in [5.41, 5.74) is -0.760. The summed E-state index contributed by atoms with van der Waals surface area (Å²) >= 11 is 5.90. The molecule has 0 N–H and O–H groups in total. The summed E-state index contributed by atoms with van der Waals surface area (Å²) in [4.78, 5) is 10.8. The van der Waals surface area contributed by atoms with Gasteiger partial charge in [0.25, 0.3) is 6.43 Å². The number of halogens is 3. The van der Waals surface area contributed by atoms with Crippen LogP contribution in [0.1, 0.15) is 41.4 Å². The molecule has 94 valence electrons. The lowest BCUT2D eigenvalue weighted by Crippen LogP contribution is -2.20. The highest BCUT2D eigenvalue weighted by atomic mass is 35.5. The number of nitrogens with zero attached hydrogens (tertiary/aromatic N) is 2. The Hall–Kier alpha value is -1.01. The van der Waals surface area contributed by atoms with E-state index in [1.807, 2.05) is 0 Å². The van der Waals surface area contributed by atoms with Gasteiger partial charge in [-0.05, 0) is 12.8 Å². The minimum atomic E-state index is -2.80. The average molecular weight is 265 g/mol. The Balaban J connectivity index is 2.36. The summed E-state index contributed by atoms with van der Waals surface area (Å²) in [6.07, 6.45) is -1.16. The Labute approximate surface area is 101 Å². The van der Waals surface area contributed by atoms with Gasteiger partial charge in [0.05, 0.1) is 11.6 Å². The van der Waals surface area contributed by atoms with Gasteiger partial charge in [-0.3, -0.25) is 4.79 Å². The van der Waals surface area contributed by atoms with Crippen molar-refractivity contribution in [2.45, 2.75) is 25.3 Å². The zero-order chi connectivity index (χ0) is 12.4. The third-order valence-electron chi connectivity index (χ3n) is 2.78. The Kier molecular flexibility index (Phi) is 3.73. The van der Waals surface area contributed by atoms with Crippen LogP contribution in [-0.4, -0.2) is 29.3 Å². The van der Waals surface area contributed by atoms with Crippen LogP contribution in [-0.2, 0) is 4.74 Å². The molecular weight excluding hydrogens is 254 g/mol. The molecular formula is C10H11ClF2N2O2. The molecule has 0 radical (unpaired) electrons. The standard InChI is InChI=1S/C10H11ClF2N2O2/c11-9-7(5-16)8(10(12)13)14-15(9)6-1-3-17-4-2-6/h5-6,10H,1-4H2. The number of aromatic nitrogens is 2. The Bertz CT molecular complexity index is 417. The van der Waals surface area contributed by atoms with Gasteiger partial charge in [-0.25, -0.2) is 13.5 Å². The first-order chi connectivity index (χ1) is 8.15. The van der Waals surface area contributed by atoms with Gasteiger partial charge < -0.3 is 4.74 Å². The second-order valence-electron chi connectivity index (χ2n) is 3.80. The normalized spacial score (nSPS) is 17.6. The molecule has 2 rings (SSSR count). The van der Waals surface area contributed by atoms with Crippen LogP contribution in [0.15, 0.2) is 0 Å². The van der Waals surface area contributed by atoms with Crippen molar-refractivity contribution in [1.29, 1.82) is 0 Å². The van der Waals surface area contributed by atoms with Gasteiger partial charge in [0.1, 0.15) is 10.8 Å². The molecule has 17 heavy (non-hydrogen) atoms. The molecule has 0 atom stereocenters. The van der Waals surface area contributed by atoms with Crippen LogP contribution >= 0.6 is 11.6 Å². The molecule has 0 saturated carbocycles. The largest absolute Gasteiger partial charge is 0.381 e. The topological polar surface area (TPSA) is 44.1 Å². The van der Waals surface area contributed by atoms with Crippen molar-refractivity contribution in [1.82, 2.24) is 9.78 Å². The van der Waals surface area contributed by atoms with E-state index >= 15 is 0 Å².